The smallest absolute Gasteiger partial charge is 0.259 e. The molecule has 7 heteroatoms. The first-order chi connectivity index (χ1) is 12.9. The fraction of sp³-hybridized carbons (Fsp3) is 0.350. The van der Waals surface area contributed by atoms with Gasteiger partial charge in [0.05, 0.1) is 29.9 Å². The van der Waals surface area contributed by atoms with Crippen LogP contribution >= 0.6 is 0 Å². The van der Waals surface area contributed by atoms with Crippen molar-refractivity contribution >= 4 is 21.4 Å². The van der Waals surface area contributed by atoms with Crippen molar-refractivity contribution < 1.29 is 22.7 Å². The predicted molar refractivity (Wildman–Crippen MR) is 103 cm³/mol. The Labute approximate surface area is 159 Å². The van der Waals surface area contributed by atoms with Gasteiger partial charge in [-0.25, -0.2) is 8.42 Å². The highest BCUT2D eigenvalue weighted by Gasteiger charge is 2.26. The Kier molecular flexibility index (Phi) is 5.82. The quantitative estimate of drug-likeness (QED) is 0.821. The lowest BCUT2D eigenvalue weighted by molar-refractivity contribution is 0.102. The molecule has 27 heavy (non-hydrogen) atoms. The van der Waals surface area contributed by atoms with Gasteiger partial charge in [0.25, 0.3) is 5.91 Å². The van der Waals surface area contributed by atoms with E-state index in [-0.39, 0.29) is 22.1 Å². The van der Waals surface area contributed by atoms with Crippen LogP contribution in [0.2, 0.25) is 0 Å². The lowest BCUT2D eigenvalue weighted by atomic mass is 10.1. The number of methoxy groups -OCH3 is 1. The molecule has 1 N–H and O–H groups in total. The summed E-state index contributed by atoms with van der Waals surface area (Å²) in [5.74, 6) is -0.0916. The standard InChI is InChI=1S/C20H23NO5S/c1-14-5-3-4-6-18(14)21-20(22)17-11-16(7-8-19(17)25-2)27(23,24)13-15-9-10-26-12-15/h3-8,11,15H,9-10,12-13H2,1-2H3,(H,21,22)/t15-/m0/s1. The first-order valence-corrected chi connectivity index (χ1v) is 10.4. The zero-order chi connectivity index (χ0) is 19.4. The summed E-state index contributed by atoms with van der Waals surface area (Å²) in [5, 5.41) is 2.82. The topological polar surface area (TPSA) is 81.7 Å². The minimum atomic E-state index is -3.52. The van der Waals surface area contributed by atoms with Gasteiger partial charge in [-0.15, -0.1) is 0 Å². The monoisotopic (exact) mass is 389 g/mol. The van der Waals surface area contributed by atoms with Crippen LogP contribution in [0.15, 0.2) is 47.4 Å². The molecule has 0 radical (unpaired) electrons. The number of sulfone groups is 1. The first kappa shape index (κ1) is 19.4. The van der Waals surface area contributed by atoms with Crippen LogP contribution in [0.25, 0.3) is 0 Å². The number of aryl methyl sites for hydroxylation is 1. The molecule has 144 valence electrons. The van der Waals surface area contributed by atoms with E-state index < -0.39 is 15.7 Å². The average molecular weight is 389 g/mol. The Bertz CT molecular complexity index is 933. The molecule has 3 rings (SSSR count). The highest BCUT2D eigenvalue weighted by atomic mass is 32.2. The summed E-state index contributed by atoms with van der Waals surface area (Å²) >= 11 is 0. The minimum Gasteiger partial charge on any atom is -0.496 e. The Morgan fingerprint density at radius 2 is 2.04 bits per heavy atom. The van der Waals surface area contributed by atoms with E-state index in [9.17, 15) is 13.2 Å². The number of amides is 1. The van der Waals surface area contributed by atoms with Crippen LogP contribution in [0.5, 0.6) is 5.75 Å². The zero-order valence-electron chi connectivity index (χ0n) is 15.4. The van der Waals surface area contributed by atoms with E-state index in [0.717, 1.165) is 12.0 Å². The second-order valence-corrected chi connectivity index (χ2v) is 8.68. The maximum Gasteiger partial charge on any atom is 0.259 e. The molecule has 0 spiro atoms. The number of carbonyl (C=O) groups is 1. The molecule has 1 aliphatic rings. The van der Waals surface area contributed by atoms with Crippen molar-refractivity contribution in [3.05, 3.63) is 53.6 Å². The molecule has 0 aliphatic carbocycles. The largest absolute Gasteiger partial charge is 0.496 e. The molecule has 0 saturated carbocycles. The second kappa shape index (κ2) is 8.10. The summed E-state index contributed by atoms with van der Waals surface area (Å²) in [6, 6.07) is 11.8. The average Bonchev–Trinajstić information content (AvgIpc) is 3.15. The van der Waals surface area contributed by atoms with Gasteiger partial charge in [-0.05, 0) is 49.1 Å². The molecule has 1 fully saturated rings. The van der Waals surface area contributed by atoms with Crippen LogP contribution in [-0.4, -0.2) is 40.4 Å². The van der Waals surface area contributed by atoms with Crippen LogP contribution in [0, 0.1) is 12.8 Å². The van der Waals surface area contributed by atoms with Gasteiger partial charge in [0.2, 0.25) is 0 Å². The third-order valence-corrected chi connectivity index (χ3v) is 6.53. The zero-order valence-corrected chi connectivity index (χ0v) is 16.2. The number of ether oxygens (including phenoxy) is 2. The highest BCUT2D eigenvalue weighted by molar-refractivity contribution is 7.91. The molecule has 0 aromatic heterocycles. The summed E-state index contributed by atoms with van der Waals surface area (Å²) in [7, 11) is -2.07. The van der Waals surface area contributed by atoms with Gasteiger partial charge in [0.1, 0.15) is 5.75 Å². The second-order valence-electron chi connectivity index (χ2n) is 6.64. The van der Waals surface area contributed by atoms with Crippen molar-refractivity contribution in [1.29, 1.82) is 0 Å². The van der Waals surface area contributed by atoms with Gasteiger partial charge >= 0.3 is 0 Å². The molecule has 0 unspecified atom stereocenters. The lowest BCUT2D eigenvalue weighted by Gasteiger charge is -2.14. The van der Waals surface area contributed by atoms with Gasteiger partial charge in [0, 0.05) is 12.3 Å². The minimum absolute atomic E-state index is 0.0121. The summed E-state index contributed by atoms with van der Waals surface area (Å²) in [4.78, 5) is 12.9. The van der Waals surface area contributed by atoms with Crippen molar-refractivity contribution in [2.24, 2.45) is 5.92 Å². The van der Waals surface area contributed by atoms with Gasteiger partial charge < -0.3 is 14.8 Å². The summed E-state index contributed by atoms with van der Waals surface area (Å²) in [6.07, 6.45) is 0.732. The molecule has 1 heterocycles. The van der Waals surface area contributed by atoms with Crippen LogP contribution in [0.3, 0.4) is 0 Å². The van der Waals surface area contributed by atoms with Crippen LogP contribution < -0.4 is 10.1 Å². The number of para-hydroxylation sites is 1. The van der Waals surface area contributed by atoms with E-state index in [1.54, 1.807) is 6.07 Å². The third kappa shape index (κ3) is 4.48. The number of nitrogens with one attached hydrogen (secondary N) is 1. The van der Waals surface area contributed by atoms with E-state index in [0.29, 0.717) is 24.7 Å². The van der Waals surface area contributed by atoms with E-state index in [1.165, 1.54) is 25.3 Å². The third-order valence-electron chi connectivity index (χ3n) is 4.65. The normalized spacial score (nSPS) is 16.9. The molecule has 0 bridgehead atoms. The number of anilines is 1. The highest BCUT2D eigenvalue weighted by Crippen LogP contribution is 2.27. The van der Waals surface area contributed by atoms with E-state index in [1.807, 2.05) is 25.1 Å². The molecule has 1 amide bonds. The SMILES string of the molecule is COc1ccc(S(=O)(=O)C[C@H]2CCOC2)cc1C(=O)Nc1ccccc1C. The molecular weight excluding hydrogens is 366 g/mol. The number of carbonyl (C=O) groups excluding carboxylic acids is 1. The summed E-state index contributed by atoms with van der Waals surface area (Å²) < 4.78 is 36.0. The van der Waals surface area contributed by atoms with Crippen molar-refractivity contribution in [3.63, 3.8) is 0 Å². The fourth-order valence-electron chi connectivity index (χ4n) is 3.08. The molecular formula is C20H23NO5S. The first-order valence-electron chi connectivity index (χ1n) is 8.76. The Balaban J connectivity index is 1.89. The Morgan fingerprint density at radius 1 is 1.26 bits per heavy atom. The van der Waals surface area contributed by atoms with Crippen molar-refractivity contribution in [3.8, 4) is 5.75 Å². The van der Waals surface area contributed by atoms with Crippen LogP contribution in [0.4, 0.5) is 5.69 Å². The molecule has 1 saturated heterocycles. The molecule has 6 nitrogen and oxygen atoms in total. The summed E-state index contributed by atoms with van der Waals surface area (Å²) in [6.45, 7) is 2.93. The van der Waals surface area contributed by atoms with Crippen LogP contribution in [0.1, 0.15) is 22.3 Å². The van der Waals surface area contributed by atoms with E-state index in [2.05, 4.69) is 5.32 Å². The molecule has 1 aliphatic heterocycles. The van der Waals surface area contributed by atoms with Crippen LogP contribution in [-0.2, 0) is 14.6 Å². The molecule has 2 aromatic carbocycles. The van der Waals surface area contributed by atoms with Crippen molar-refractivity contribution in [2.75, 3.05) is 31.4 Å². The van der Waals surface area contributed by atoms with Gasteiger partial charge in [-0.1, -0.05) is 18.2 Å². The number of hydrogen-bond acceptors (Lipinski definition) is 5. The number of rotatable bonds is 6. The predicted octanol–water partition coefficient (Wildman–Crippen LogP) is 3.07. The van der Waals surface area contributed by atoms with Gasteiger partial charge in [0.15, 0.2) is 9.84 Å². The van der Waals surface area contributed by atoms with Crippen molar-refractivity contribution in [2.45, 2.75) is 18.2 Å². The molecule has 2 aromatic rings. The fourth-order valence-corrected chi connectivity index (χ4v) is 4.73. The summed E-state index contributed by atoms with van der Waals surface area (Å²) in [5.41, 5.74) is 1.76. The maximum absolute atomic E-state index is 12.8. The lowest BCUT2D eigenvalue weighted by Crippen LogP contribution is -2.18. The number of hydrogen-bond donors (Lipinski definition) is 1. The van der Waals surface area contributed by atoms with Gasteiger partial charge in [-0.3, -0.25) is 4.79 Å². The van der Waals surface area contributed by atoms with E-state index >= 15 is 0 Å². The van der Waals surface area contributed by atoms with Crippen molar-refractivity contribution in [1.82, 2.24) is 0 Å². The maximum atomic E-state index is 12.8. The number of benzene rings is 2. The Morgan fingerprint density at radius 3 is 2.70 bits per heavy atom. The Hall–Kier alpha value is -2.38. The molecule has 1 atom stereocenters. The van der Waals surface area contributed by atoms with Gasteiger partial charge in [-0.2, -0.15) is 0 Å². The van der Waals surface area contributed by atoms with E-state index in [4.69, 9.17) is 9.47 Å².